The van der Waals surface area contributed by atoms with Gasteiger partial charge in [0, 0.05) is 13.2 Å². The van der Waals surface area contributed by atoms with Gasteiger partial charge in [-0.15, -0.1) is 0 Å². The van der Waals surface area contributed by atoms with Gasteiger partial charge >= 0.3 is 12.1 Å². The highest BCUT2D eigenvalue weighted by atomic mass is 19.4. The van der Waals surface area contributed by atoms with Gasteiger partial charge in [0.05, 0.1) is 0 Å². The number of hydrogen-bond acceptors (Lipinski definition) is 3. The molecule has 0 aromatic rings. The quantitative estimate of drug-likeness (QED) is 0.253. The van der Waals surface area contributed by atoms with Crippen LogP contribution in [0.15, 0.2) is 0 Å². The number of carbonyl (C=O) groups is 1. The number of carboxylic acid groups (broad SMARTS) is 1. The summed E-state index contributed by atoms with van der Waals surface area (Å²) in [4.78, 5) is 8.90. The second-order valence-corrected chi connectivity index (χ2v) is 7.15. The van der Waals surface area contributed by atoms with Crippen LogP contribution in [0.2, 0.25) is 0 Å². The van der Waals surface area contributed by atoms with E-state index in [9.17, 15) is 13.2 Å². The summed E-state index contributed by atoms with van der Waals surface area (Å²) < 4.78 is 37.2. The molecule has 170 valence electrons. The third-order valence-electron chi connectivity index (χ3n) is 4.38. The molecule has 0 saturated carbocycles. The number of ether oxygens (including phenoxy) is 1. The number of alkyl halides is 3. The molecule has 0 aliphatic heterocycles. The predicted molar refractivity (Wildman–Crippen MR) is 108 cm³/mol. The molecule has 0 aliphatic carbocycles. The fourth-order valence-corrected chi connectivity index (χ4v) is 2.69. The minimum Gasteiger partial charge on any atom is -0.475 e. The van der Waals surface area contributed by atoms with Crippen molar-refractivity contribution >= 4 is 5.97 Å². The van der Waals surface area contributed by atoms with Crippen LogP contribution in [0.4, 0.5) is 13.2 Å². The molecule has 0 radical (unpaired) electrons. The normalized spacial score (nSPS) is 11.2. The van der Waals surface area contributed by atoms with Crippen LogP contribution in [0.25, 0.3) is 0 Å². The van der Waals surface area contributed by atoms with Crippen molar-refractivity contribution in [3.05, 3.63) is 0 Å². The van der Waals surface area contributed by atoms with Crippen molar-refractivity contribution in [3.8, 4) is 0 Å². The van der Waals surface area contributed by atoms with Crippen LogP contribution < -0.4 is 5.73 Å². The van der Waals surface area contributed by atoms with E-state index in [0.717, 1.165) is 26.2 Å². The van der Waals surface area contributed by atoms with Crippen LogP contribution in [-0.4, -0.2) is 37.0 Å². The van der Waals surface area contributed by atoms with E-state index < -0.39 is 12.1 Å². The minimum atomic E-state index is -5.08. The van der Waals surface area contributed by atoms with Crippen LogP contribution in [0.3, 0.4) is 0 Å². The maximum Gasteiger partial charge on any atom is 0.490 e. The zero-order valence-electron chi connectivity index (χ0n) is 17.7. The van der Waals surface area contributed by atoms with Gasteiger partial charge < -0.3 is 15.6 Å². The standard InChI is InChI=1S/C19H41NO.C2HF3O2/c1-2-3-4-5-6-7-8-9-10-11-12-13-14-15-18-21-19-16-17-20;3-2(4,5)1(6)7/h2-20H2,1H3;(H,6,7). The van der Waals surface area contributed by atoms with Gasteiger partial charge in [-0.3, -0.25) is 0 Å². The SMILES string of the molecule is CCCCCCCCCCCCCCCCOCCCN.O=C(O)C(F)(F)F. The van der Waals surface area contributed by atoms with Gasteiger partial charge in [-0.25, -0.2) is 4.79 Å². The molecule has 0 saturated heterocycles. The molecule has 0 bridgehead atoms. The molecule has 0 atom stereocenters. The summed E-state index contributed by atoms with van der Waals surface area (Å²) in [6, 6.07) is 0. The third kappa shape index (κ3) is 27.4. The van der Waals surface area contributed by atoms with E-state index in [-0.39, 0.29) is 0 Å². The lowest BCUT2D eigenvalue weighted by Gasteiger charge is -2.04. The third-order valence-corrected chi connectivity index (χ3v) is 4.38. The van der Waals surface area contributed by atoms with Crippen molar-refractivity contribution in [3.63, 3.8) is 0 Å². The van der Waals surface area contributed by atoms with Crippen molar-refractivity contribution in [1.29, 1.82) is 0 Å². The lowest BCUT2D eigenvalue weighted by atomic mass is 10.0. The topological polar surface area (TPSA) is 72.5 Å². The first-order valence-corrected chi connectivity index (χ1v) is 10.9. The molecule has 0 spiro atoms. The summed E-state index contributed by atoms with van der Waals surface area (Å²) in [5.74, 6) is -2.76. The fourth-order valence-electron chi connectivity index (χ4n) is 2.69. The minimum absolute atomic E-state index is 0.749. The van der Waals surface area contributed by atoms with Crippen LogP contribution in [-0.2, 0) is 9.53 Å². The molecule has 0 rings (SSSR count). The predicted octanol–water partition coefficient (Wildman–Crippen LogP) is 6.47. The van der Waals surface area contributed by atoms with Gasteiger partial charge in [0.15, 0.2) is 0 Å². The number of nitrogens with two attached hydrogens (primary N) is 1. The second kappa shape index (κ2) is 22.5. The zero-order valence-corrected chi connectivity index (χ0v) is 17.7. The summed E-state index contributed by atoms with van der Waals surface area (Å²) in [7, 11) is 0. The van der Waals surface area contributed by atoms with E-state index in [1.165, 1.54) is 89.9 Å². The van der Waals surface area contributed by atoms with Crippen LogP contribution >= 0.6 is 0 Å². The highest BCUT2D eigenvalue weighted by Crippen LogP contribution is 2.13. The first kappa shape index (κ1) is 29.4. The first-order valence-electron chi connectivity index (χ1n) is 10.9. The fraction of sp³-hybridized carbons (Fsp3) is 0.952. The van der Waals surface area contributed by atoms with Gasteiger partial charge in [0.1, 0.15) is 0 Å². The summed E-state index contributed by atoms with van der Waals surface area (Å²) in [6.45, 7) is 4.81. The van der Waals surface area contributed by atoms with Gasteiger partial charge in [-0.05, 0) is 19.4 Å². The van der Waals surface area contributed by atoms with Crippen molar-refractivity contribution in [2.24, 2.45) is 5.73 Å². The van der Waals surface area contributed by atoms with E-state index in [0.29, 0.717) is 0 Å². The van der Waals surface area contributed by atoms with Crippen molar-refractivity contribution in [2.75, 3.05) is 19.8 Å². The Kier molecular flexibility index (Phi) is 23.6. The van der Waals surface area contributed by atoms with E-state index >= 15 is 0 Å². The molecule has 0 unspecified atom stereocenters. The average Bonchev–Trinajstić information content (AvgIpc) is 2.64. The monoisotopic (exact) mass is 413 g/mol. The highest BCUT2D eigenvalue weighted by Gasteiger charge is 2.38. The maximum atomic E-state index is 10.6. The Hall–Kier alpha value is -0.820. The molecule has 0 amide bonds. The Balaban J connectivity index is 0. The summed E-state index contributed by atoms with van der Waals surface area (Å²) >= 11 is 0. The highest BCUT2D eigenvalue weighted by molar-refractivity contribution is 5.73. The average molecular weight is 414 g/mol. The second-order valence-electron chi connectivity index (χ2n) is 7.15. The lowest BCUT2D eigenvalue weighted by Crippen LogP contribution is -2.21. The number of hydrogen-bond donors (Lipinski definition) is 2. The summed E-state index contributed by atoms with van der Waals surface area (Å²) in [5, 5.41) is 7.12. The molecule has 0 heterocycles. The van der Waals surface area contributed by atoms with Gasteiger partial charge in [-0.1, -0.05) is 90.4 Å². The largest absolute Gasteiger partial charge is 0.490 e. The number of carboxylic acids is 1. The van der Waals surface area contributed by atoms with E-state index in [1.807, 2.05) is 0 Å². The molecular formula is C21H42F3NO3. The van der Waals surface area contributed by atoms with Crippen LogP contribution in [0, 0.1) is 0 Å². The Labute approximate surface area is 169 Å². The molecule has 0 aromatic heterocycles. The van der Waals surface area contributed by atoms with Gasteiger partial charge in [-0.2, -0.15) is 13.2 Å². The molecule has 0 fully saturated rings. The van der Waals surface area contributed by atoms with Crippen molar-refractivity contribution in [1.82, 2.24) is 0 Å². The van der Waals surface area contributed by atoms with Crippen molar-refractivity contribution in [2.45, 2.75) is 109 Å². The smallest absolute Gasteiger partial charge is 0.475 e. The number of halogens is 3. The van der Waals surface area contributed by atoms with Crippen LogP contribution in [0.5, 0.6) is 0 Å². The Morgan fingerprint density at radius 3 is 1.39 bits per heavy atom. The number of aliphatic carboxylic acids is 1. The van der Waals surface area contributed by atoms with Crippen molar-refractivity contribution < 1.29 is 27.8 Å². The number of rotatable bonds is 18. The molecule has 3 N–H and O–H groups in total. The van der Waals surface area contributed by atoms with Crippen LogP contribution in [0.1, 0.15) is 103 Å². The number of unbranched alkanes of at least 4 members (excludes halogenated alkanes) is 13. The molecule has 0 aliphatic rings. The maximum absolute atomic E-state index is 10.6. The Morgan fingerprint density at radius 1 is 0.750 bits per heavy atom. The van der Waals surface area contributed by atoms with Gasteiger partial charge in [0.25, 0.3) is 0 Å². The summed E-state index contributed by atoms with van der Waals surface area (Å²) in [5.41, 5.74) is 5.41. The van der Waals surface area contributed by atoms with E-state index in [4.69, 9.17) is 20.4 Å². The molecule has 7 heteroatoms. The van der Waals surface area contributed by atoms with Gasteiger partial charge in [0.2, 0.25) is 0 Å². The van der Waals surface area contributed by atoms with E-state index in [2.05, 4.69) is 6.92 Å². The molecular weight excluding hydrogens is 371 g/mol. The Morgan fingerprint density at radius 2 is 1.07 bits per heavy atom. The molecule has 28 heavy (non-hydrogen) atoms. The first-order chi connectivity index (χ1) is 13.4. The molecule has 0 aromatic carbocycles. The summed E-state index contributed by atoms with van der Waals surface area (Å²) in [6.07, 6.45) is 15.7. The zero-order chi connectivity index (χ0) is 21.5. The Bertz CT molecular complexity index is 309. The molecule has 4 nitrogen and oxygen atoms in total. The lowest BCUT2D eigenvalue weighted by molar-refractivity contribution is -0.192. The van der Waals surface area contributed by atoms with E-state index in [1.54, 1.807) is 0 Å².